The van der Waals surface area contributed by atoms with Crippen LogP contribution in [-0.4, -0.2) is 71.0 Å². The molecule has 0 unspecified atom stereocenters. The second kappa shape index (κ2) is 14.6. The molecule has 0 bridgehead atoms. The number of hydrogen-bond donors (Lipinski definition) is 2. The second-order valence-corrected chi connectivity index (χ2v) is 6.37. The fourth-order valence-electron chi connectivity index (χ4n) is 2.92. The number of benzene rings is 1. The minimum Gasteiger partial charge on any atom is -0.497 e. The molecule has 7 nitrogen and oxygen atoms in total. The first-order chi connectivity index (χ1) is 13.6. The maximum absolute atomic E-state index is 12.6. The van der Waals surface area contributed by atoms with Gasteiger partial charge in [-0.3, -0.25) is 9.89 Å². The molecule has 1 heterocycles. The fraction of sp³-hybridized carbons (Fsp3) is 0.632. The van der Waals surface area contributed by atoms with Gasteiger partial charge < -0.3 is 24.8 Å². The highest BCUT2D eigenvalue weighted by atomic mass is 127. The quantitative estimate of drug-likeness (QED) is 0.211. The van der Waals surface area contributed by atoms with E-state index in [1.54, 1.807) is 19.2 Å². The van der Waals surface area contributed by atoms with Crippen LogP contribution in [0.2, 0.25) is 0 Å². The molecule has 0 aliphatic carbocycles. The Morgan fingerprint density at radius 3 is 2.66 bits per heavy atom. The van der Waals surface area contributed by atoms with Crippen LogP contribution in [0.1, 0.15) is 18.4 Å². The molecule has 0 amide bonds. The van der Waals surface area contributed by atoms with Gasteiger partial charge in [0.05, 0.1) is 20.3 Å². The van der Waals surface area contributed by atoms with Crippen LogP contribution in [0.3, 0.4) is 0 Å². The van der Waals surface area contributed by atoms with Gasteiger partial charge in [-0.15, -0.1) is 24.0 Å². The Kier molecular flexibility index (Phi) is 12.9. The van der Waals surface area contributed by atoms with Crippen LogP contribution in [0.25, 0.3) is 0 Å². The molecule has 29 heavy (non-hydrogen) atoms. The van der Waals surface area contributed by atoms with E-state index in [1.807, 2.05) is 0 Å². The minimum atomic E-state index is -2.88. The number of unbranched alkanes of at least 4 members (excludes halogenated alkanes) is 1. The van der Waals surface area contributed by atoms with Crippen molar-refractivity contribution in [3.63, 3.8) is 0 Å². The molecule has 10 heteroatoms. The zero-order valence-corrected chi connectivity index (χ0v) is 19.3. The number of aliphatic imine (C=N–C) groups is 1. The Morgan fingerprint density at radius 2 is 2.00 bits per heavy atom. The molecular weight excluding hydrogens is 497 g/mol. The van der Waals surface area contributed by atoms with Gasteiger partial charge in [0.2, 0.25) is 0 Å². The summed E-state index contributed by atoms with van der Waals surface area (Å²) in [5.41, 5.74) is 0.565. The molecule has 0 radical (unpaired) electrons. The smallest absolute Gasteiger partial charge is 0.387 e. The zero-order valence-electron chi connectivity index (χ0n) is 17.0. The Bertz CT molecular complexity index is 617. The van der Waals surface area contributed by atoms with Gasteiger partial charge in [0, 0.05) is 38.8 Å². The number of nitrogens with one attached hydrogen (secondary N) is 2. The largest absolute Gasteiger partial charge is 0.497 e. The Balaban J connectivity index is 0.00000420. The highest BCUT2D eigenvalue weighted by Gasteiger charge is 2.12. The van der Waals surface area contributed by atoms with Gasteiger partial charge in [-0.1, -0.05) is 0 Å². The summed E-state index contributed by atoms with van der Waals surface area (Å²) < 4.78 is 40.3. The van der Waals surface area contributed by atoms with Crippen molar-refractivity contribution >= 4 is 29.9 Å². The summed E-state index contributed by atoms with van der Waals surface area (Å²) in [6.07, 6.45) is 2.10. The Labute approximate surface area is 188 Å². The maximum Gasteiger partial charge on any atom is 0.387 e. The first-order valence-electron chi connectivity index (χ1n) is 9.48. The van der Waals surface area contributed by atoms with Crippen molar-refractivity contribution in [1.82, 2.24) is 15.5 Å². The van der Waals surface area contributed by atoms with Crippen molar-refractivity contribution < 1.29 is 23.0 Å². The lowest BCUT2D eigenvalue weighted by Gasteiger charge is -2.26. The van der Waals surface area contributed by atoms with Crippen LogP contribution >= 0.6 is 24.0 Å². The van der Waals surface area contributed by atoms with Crippen LogP contribution in [0.4, 0.5) is 8.78 Å². The first-order valence-corrected chi connectivity index (χ1v) is 9.48. The summed E-state index contributed by atoms with van der Waals surface area (Å²) in [6.45, 7) is 2.88. The van der Waals surface area contributed by atoms with Crippen LogP contribution < -0.4 is 20.1 Å². The number of methoxy groups -OCH3 is 1. The Hall–Kier alpha value is -1.40. The van der Waals surface area contributed by atoms with Crippen molar-refractivity contribution in [3.8, 4) is 11.5 Å². The standard InChI is InChI=1S/C19H30F2N4O3.HI/c1-22-19(23-7-3-4-8-25-9-11-27-12-10-25)24-14-15-13-16(26-2)5-6-17(15)28-18(20)21;/h5-6,13,18H,3-4,7-12,14H2,1-2H3,(H2,22,23,24);1H. The van der Waals surface area contributed by atoms with Gasteiger partial charge in [0.1, 0.15) is 11.5 Å². The van der Waals surface area contributed by atoms with E-state index in [0.29, 0.717) is 17.3 Å². The summed E-state index contributed by atoms with van der Waals surface area (Å²) >= 11 is 0. The molecule has 2 rings (SSSR count). The zero-order chi connectivity index (χ0) is 20.2. The normalized spacial score (nSPS) is 15.0. The molecule has 0 aromatic heterocycles. The predicted octanol–water partition coefficient (Wildman–Crippen LogP) is 2.69. The van der Waals surface area contributed by atoms with Crippen molar-refractivity contribution in [2.45, 2.75) is 26.0 Å². The van der Waals surface area contributed by atoms with Crippen LogP contribution in [-0.2, 0) is 11.3 Å². The third-order valence-electron chi connectivity index (χ3n) is 4.45. The number of halogens is 3. The van der Waals surface area contributed by atoms with E-state index in [4.69, 9.17) is 9.47 Å². The summed E-state index contributed by atoms with van der Waals surface area (Å²) in [5.74, 6) is 1.30. The lowest BCUT2D eigenvalue weighted by molar-refractivity contribution is -0.0504. The molecule has 1 aromatic rings. The van der Waals surface area contributed by atoms with Crippen molar-refractivity contribution in [3.05, 3.63) is 23.8 Å². The molecule has 0 atom stereocenters. The van der Waals surface area contributed by atoms with Gasteiger partial charge in [-0.25, -0.2) is 0 Å². The molecule has 1 saturated heterocycles. The molecule has 0 saturated carbocycles. The lowest BCUT2D eigenvalue weighted by Crippen LogP contribution is -2.38. The molecule has 166 valence electrons. The summed E-state index contributed by atoms with van der Waals surface area (Å²) in [4.78, 5) is 6.58. The molecule has 1 aliphatic rings. The number of nitrogens with zero attached hydrogens (tertiary/aromatic N) is 2. The van der Waals surface area contributed by atoms with Crippen LogP contribution in [0, 0.1) is 0 Å². The summed E-state index contributed by atoms with van der Waals surface area (Å²) in [7, 11) is 3.20. The van der Waals surface area contributed by atoms with Gasteiger partial charge in [-0.05, 0) is 37.6 Å². The monoisotopic (exact) mass is 528 g/mol. The number of hydrogen-bond acceptors (Lipinski definition) is 5. The van der Waals surface area contributed by atoms with E-state index >= 15 is 0 Å². The van der Waals surface area contributed by atoms with E-state index in [2.05, 4.69) is 25.3 Å². The van der Waals surface area contributed by atoms with Gasteiger partial charge >= 0.3 is 6.61 Å². The highest BCUT2D eigenvalue weighted by Crippen LogP contribution is 2.25. The topological polar surface area (TPSA) is 67.4 Å². The molecule has 2 N–H and O–H groups in total. The van der Waals surface area contributed by atoms with E-state index in [9.17, 15) is 8.78 Å². The average molecular weight is 528 g/mol. The van der Waals surface area contributed by atoms with E-state index in [0.717, 1.165) is 52.2 Å². The molecule has 1 aromatic carbocycles. The summed E-state index contributed by atoms with van der Waals surface area (Å²) in [5, 5.41) is 6.36. The number of alkyl halides is 2. The minimum absolute atomic E-state index is 0. The number of morpholine rings is 1. The second-order valence-electron chi connectivity index (χ2n) is 6.37. The first kappa shape index (κ1) is 25.6. The Morgan fingerprint density at radius 1 is 1.24 bits per heavy atom. The lowest BCUT2D eigenvalue weighted by atomic mass is 10.2. The van der Waals surface area contributed by atoms with E-state index in [-0.39, 0.29) is 36.3 Å². The number of guanidine groups is 1. The third kappa shape index (κ3) is 9.77. The average Bonchev–Trinajstić information content (AvgIpc) is 2.71. The molecule has 0 spiro atoms. The van der Waals surface area contributed by atoms with Crippen LogP contribution in [0.5, 0.6) is 11.5 Å². The van der Waals surface area contributed by atoms with Gasteiger partial charge in [0.25, 0.3) is 0 Å². The number of ether oxygens (including phenoxy) is 3. The highest BCUT2D eigenvalue weighted by molar-refractivity contribution is 14.0. The van der Waals surface area contributed by atoms with Crippen molar-refractivity contribution in [2.75, 3.05) is 53.6 Å². The van der Waals surface area contributed by atoms with Gasteiger partial charge in [-0.2, -0.15) is 8.78 Å². The van der Waals surface area contributed by atoms with Gasteiger partial charge in [0.15, 0.2) is 5.96 Å². The van der Waals surface area contributed by atoms with E-state index in [1.165, 1.54) is 13.2 Å². The third-order valence-corrected chi connectivity index (χ3v) is 4.45. The van der Waals surface area contributed by atoms with Crippen molar-refractivity contribution in [1.29, 1.82) is 0 Å². The number of rotatable bonds is 10. The maximum atomic E-state index is 12.6. The van der Waals surface area contributed by atoms with Crippen molar-refractivity contribution in [2.24, 2.45) is 4.99 Å². The fourth-order valence-corrected chi connectivity index (χ4v) is 2.92. The van der Waals surface area contributed by atoms with Crippen LogP contribution in [0.15, 0.2) is 23.2 Å². The molecule has 1 aliphatic heterocycles. The SMILES string of the molecule is CN=C(NCCCCN1CCOCC1)NCc1cc(OC)ccc1OC(F)F.I. The summed E-state index contributed by atoms with van der Waals surface area (Å²) in [6, 6.07) is 4.73. The molecule has 1 fully saturated rings. The van der Waals surface area contributed by atoms with E-state index < -0.39 is 6.61 Å². The predicted molar refractivity (Wildman–Crippen MR) is 120 cm³/mol. The molecular formula is C19H31F2IN4O3.